The lowest BCUT2D eigenvalue weighted by molar-refractivity contribution is 0.380. The average Bonchev–Trinajstić information content (AvgIpc) is 3.46. The van der Waals surface area contributed by atoms with E-state index in [4.69, 9.17) is 9.26 Å². The predicted octanol–water partition coefficient (Wildman–Crippen LogP) is 5.66. The van der Waals surface area contributed by atoms with Crippen molar-refractivity contribution < 1.29 is 9.26 Å². The molecule has 4 rings (SSSR count). The molecule has 7 nitrogen and oxygen atoms in total. The summed E-state index contributed by atoms with van der Waals surface area (Å²) >= 11 is 1.57. The van der Waals surface area contributed by atoms with Crippen LogP contribution in [-0.4, -0.2) is 32.0 Å². The molecule has 2 aromatic heterocycles. The molecule has 0 aliphatic carbocycles. The molecular weight excluding hydrogens is 410 g/mol. The molecule has 0 bridgehead atoms. The van der Waals surface area contributed by atoms with Crippen LogP contribution in [0.25, 0.3) is 22.8 Å². The van der Waals surface area contributed by atoms with Gasteiger partial charge in [-0.25, -0.2) is 0 Å². The minimum atomic E-state index is -0.0572. The summed E-state index contributed by atoms with van der Waals surface area (Å²) in [5.74, 6) is 2.83. The first-order chi connectivity index (χ1) is 15.2. The minimum Gasteiger partial charge on any atom is -0.497 e. The number of methoxy groups -OCH3 is 1. The van der Waals surface area contributed by atoms with Crippen molar-refractivity contribution in [3.05, 3.63) is 60.5 Å². The van der Waals surface area contributed by atoms with Crippen molar-refractivity contribution in [1.82, 2.24) is 24.9 Å². The number of thioether (sulfide) groups is 1. The van der Waals surface area contributed by atoms with Crippen molar-refractivity contribution in [3.63, 3.8) is 0 Å². The third kappa shape index (κ3) is 4.80. The molecule has 0 amide bonds. The number of hydrogen-bond donors (Lipinski definition) is 0. The Morgan fingerprint density at radius 2 is 1.81 bits per heavy atom. The predicted molar refractivity (Wildman–Crippen MR) is 121 cm³/mol. The van der Waals surface area contributed by atoms with Crippen LogP contribution in [0.15, 0.2) is 64.3 Å². The Kier molecular flexibility index (Phi) is 6.66. The van der Waals surface area contributed by atoms with Gasteiger partial charge >= 0.3 is 0 Å². The zero-order valence-electron chi connectivity index (χ0n) is 17.9. The van der Waals surface area contributed by atoms with E-state index in [0.29, 0.717) is 11.7 Å². The molecule has 0 spiro atoms. The molecular formula is C23H25N5O2S. The van der Waals surface area contributed by atoms with Gasteiger partial charge in [0.1, 0.15) is 5.75 Å². The molecule has 2 aromatic carbocycles. The molecule has 31 heavy (non-hydrogen) atoms. The molecule has 4 aromatic rings. The van der Waals surface area contributed by atoms with Gasteiger partial charge in [0.2, 0.25) is 11.7 Å². The third-order valence-corrected chi connectivity index (χ3v) is 5.97. The van der Waals surface area contributed by atoms with Gasteiger partial charge in [0.05, 0.1) is 12.4 Å². The highest BCUT2D eigenvalue weighted by Crippen LogP contribution is 2.35. The summed E-state index contributed by atoms with van der Waals surface area (Å²) < 4.78 is 13.0. The van der Waals surface area contributed by atoms with E-state index in [1.165, 1.54) is 0 Å². The maximum Gasteiger partial charge on any atom is 0.240 e. The fourth-order valence-electron chi connectivity index (χ4n) is 3.16. The van der Waals surface area contributed by atoms with Gasteiger partial charge < -0.3 is 13.8 Å². The molecule has 2 heterocycles. The highest BCUT2D eigenvalue weighted by atomic mass is 32.2. The first-order valence-electron chi connectivity index (χ1n) is 10.3. The fourth-order valence-corrected chi connectivity index (χ4v) is 4.07. The van der Waals surface area contributed by atoms with Gasteiger partial charge in [0.25, 0.3) is 0 Å². The highest BCUT2D eigenvalue weighted by molar-refractivity contribution is 7.99. The van der Waals surface area contributed by atoms with Gasteiger partial charge in [0, 0.05) is 17.7 Å². The second-order valence-electron chi connectivity index (χ2n) is 7.12. The summed E-state index contributed by atoms with van der Waals surface area (Å²) in [6.07, 6.45) is 2.13. The first-order valence-corrected chi connectivity index (χ1v) is 11.2. The fraction of sp³-hybridized carbons (Fsp3) is 0.304. The van der Waals surface area contributed by atoms with E-state index in [2.05, 4.69) is 31.8 Å². The third-order valence-electron chi connectivity index (χ3n) is 4.90. The number of hydrogen-bond acceptors (Lipinski definition) is 7. The molecule has 0 aliphatic rings. The number of nitrogens with zero attached hydrogens (tertiary/aromatic N) is 5. The molecule has 1 atom stereocenters. The zero-order chi connectivity index (χ0) is 21.6. The van der Waals surface area contributed by atoms with Crippen LogP contribution in [0.3, 0.4) is 0 Å². The lowest BCUT2D eigenvalue weighted by Crippen LogP contribution is -2.03. The topological polar surface area (TPSA) is 78.9 Å². The van der Waals surface area contributed by atoms with Gasteiger partial charge in [-0.15, -0.1) is 10.2 Å². The largest absolute Gasteiger partial charge is 0.497 e. The number of ether oxygens (including phenoxy) is 1. The van der Waals surface area contributed by atoms with E-state index < -0.39 is 0 Å². The SMILES string of the molecule is CCCCn1c(SC(C)c2nc(-c3ccccc3)no2)nnc1-c1ccc(OC)cc1. The Bertz CT molecular complexity index is 1110. The van der Waals surface area contributed by atoms with Gasteiger partial charge in [-0.2, -0.15) is 4.98 Å². The summed E-state index contributed by atoms with van der Waals surface area (Å²) in [6, 6.07) is 17.7. The van der Waals surface area contributed by atoms with Crippen LogP contribution < -0.4 is 4.74 Å². The minimum absolute atomic E-state index is 0.0572. The highest BCUT2D eigenvalue weighted by Gasteiger charge is 2.21. The smallest absolute Gasteiger partial charge is 0.240 e. The molecule has 8 heteroatoms. The Labute approximate surface area is 185 Å². The second kappa shape index (κ2) is 9.78. The molecule has 0 N–H and O–H groups in total. The number of aromatic nitrogens is 5. The van der Waals surface area contributed by atoms with Gasteiger partial charge in [-0.3, -0.25) is 0 Å². The monoisotopic (exact) mass is 435 g/mol. The molecule has 160 valence electrons. The standard InChI is InChI=1S/C23H25N5O2S/c1-4-5-15-28-21(18-11-13-19(29-3)14-12-18)25-26-23(28)31-16(2)22-24-20(27-30-22)17-9-7-6-8-10-17/h6-14,16H,4-5,15H2,1-3H3. The molecule has 0 fully saturated rings. The van der Waals surface area contributed by atoms with Crippen molar-refractivity contribution in [2.45, 2.75) is 43.6 Å². The van der Waals surface area contributed by atoms with E-state index in [1.807, 2.05) is 61.5 Å². The molecule has 0 radical (unpaired) electrons. The lowest BCUT2D eigenvalue weighted by Gasteiger charge is -2.11. The van der Waals surface area contributed by atoms with Crippen LogP contribution in [0.2, 0.25) is 0 Å². The number of benzene rings is 2. The van der Waals surface area contributed by atoms with Crippen molar-refractivity contribution in [2.75, 3.05) is 7.11 Å². The summed E-state index contributed by atoms with van der Waals surface area (Å²) in [4.78, 5) is 4.58. The zero-order valence-corrected chi connectivity index (χ0v) is 18.7. The normalized spacial score (nSPS) is 12.1. The van der Waals surface area contributed by atoms with E-state index in [-0.39, 0.29) is 5.25 Å². The molecule has 0 saturated heterocycles. The van der Waals surface area contributed by atoms with Crippen LogP contribution >= 0.6 is 11.8 Å². The van der Waals surface area contributed by atoms with Crippen LogP contribution in [0, 0.1) is 0 Å². The van der Waals surface area contributed by atoms with E-state index >= 15 is 0 Å². The summed E-state index contributed by atoms with van der Waals surface area (Å²) in [7, 11) is 1.66. The van der Waals surface area contributed by atoms with E-state index in [9.17, 15) is 0 Å². The van der Waals surface area contributed by atoms with Crippen LogP contribution in [0.4, 0.5) is 0 Å². The molecule has 0 aliphatic heterocycles. The Balaban J connectivity index is 1.57. The van der Waals surface area contributed by atoms with Crippen molar-refractivity contribution in [1.29, 1.82) is 0 Å². The van der Waals surface area contributed by atoms with Crippen molar-refractivity contribution >= 4 is 11.8 Å². The lowest BCUT2D eigenvalue weighted by atomic mass is 10.2. The quantitative estimate of drug-likeness (QED) is 0.314. The van der Waals surface area contributed by atoms with E-state index in [0.717, 1.165) is 47.2 Å². The maximum atomic E-state index is 5.54. The van der Waals surface area contributed by atoms with Crippen molar-refractivity contribution in [3.8, 4) is 28.5 Å². The average molecular weight is 436 g/mol. The molecule has 1 unspecified atom stereocenters. The van der Waals surface area contributed by atoms with Crippen LogP contribution in [0.5, 0.6) is 5.75 Å². The van der Waals surface area contributed by atoms with E-state index in [1.54, 1.807) is 18.9 Å². The number of rotatable bonds is 9. The Hall–Kier alpha value is -3.13. The first kappa shape index (κ1) is 21.1. The van der Waals surface area contributed by atoms with Crippen LogP contribution in [-0.2, 0) is 6.54 Å². The summed E-state index contributed by atoms with van der Waals surface area (Å²) in [6.45, 7) is 5.06. The Morgan fingerprint density at radius 3 is 2.52 bits per heavy atom. The van der Waals surface area contributed by atoms with Gasteiger partial charge in [0.15, 0.2) is 11.0 Å². The Morgan fingerprint density at radius 1 is 1.03 bits per heavy atom. The van der Waals surface area contributed by atoms with Gasteiger partial charge in [-0.05, 0) is 37.6 Å². The van der Waals surface area contributed by atoms with Crippen LogP contribution in [0.1, 0.15) is 37.8 Å². The molecule has 0 saturated carbocycles. The summed E-state index contributed by atoms with van der Waals surface area (Å²) in [5.41, 5.74) is 1.94. The van der Waals surface area contributed by atoms with Gasteiger partial charge in [-0.1, -0.05) is 60.6 Å². The maximum absolute atomic E-state index is 5.54. The number of unbranched alkanes of at least 4 members (excludes halogenated alkanes) is 1. The van der Waals surface area contributed by atoms with Crippen molar-refractivity contribution in [2.24, 2.45) is 0 Å². The summed E-state index contributed by atoms with van der Waals surface area (Å²) in [5, 5.41) is 13.9. The second-order valence-corrected chi connectivity index (χ2v) is 8.43.